The zero-order chi connectivity index (χ0) is 15.3. The maximum absolute atomic E-state index is 11.9. The fraction of sp³-hybridized carbons (Fsp3) is 0.154. The van der Waals surface area contributed by atoms with E-state index in [0.717, 1.165) is 11.3 Å². The molecule has 3 N–H and O–H groups in total. The van der Waals surface area contributed by atoms with Crippen LogP contribution in [0, 0.1) is 0 Å². The molecule has 0 aliphatic heterocycles. The van der Waals surface area contributed by atoms with Crippen LogP contribution in [0.4, 0.5) is 0 Å². The topological polar surface area (TPSA) is 95.5 Å². The van der Waals surface area contributed by atoms with Crippen molar-refractivity contribution in [3.8, 4) is 0 Å². The number of hydrogen-bond donors (Lipinski definition) is 3. The molecule has 0 fully saturated rings. The summed E-state index contributed by atoms with van der Waals surface area (Å²) < 4.78 is 25.4. The molecule has 112 valence electrons. The zero-order valence-electron chi connectivity index (χ0n) is 10.9. The Morgan fingerprint density at radius 3 is 2.52 bits per heavy atom. The van der Waals surface area contributed by atoms with Crippen LogP contribution in [-0.2, 0) is 16.6 Å². The number of benzene rings is 1. The molecule has 2 aromatic rings. The van der Waals surface area contributed by atoms with E-state index in [0.29, 0.717) is 10.4 Å². The van der Waals surface area contributed by atoms with Gasteiger partial charge in [-0.1, -0.05) is 18.2 Å². The van der Waals surface area contributed by atoms with Crippen LogP contribution in [0.5, 0.6) is 0 Å². The molecular weight excluding hydrogens is 312 g/mol. The van der Waals surface area contributed by atoms with Crippen molar-refractivity contribution in [1.82, 2.24) is 10.0 Å². The van der Waals surface area contributed by atoms with Gasteiger partial charge in [-0.2, -0.15) is 4.72 Å². The molecule has 0 aliphatic rings. The SMILES string of the molecule is O=C(NCc1ccc(S(=O)(=O)NCO)s1)c1ccccc1. The van der Waals surface area contributed by atoms with Gasteiger partial charge >= 0.3 is 0 Å². The van der Waals surface area contributed by atoms with Gasteiger partial charge < -0.3 is 10.4 Å². The second-order valence-corrected chi connectivity index (χ2v) is 7.24. The quantitative estimate of drug-likeness (QED) is 0.688. The molecule has 1 amide bonds. The number of amides is 1. The summed E-state index contributed by atoms with van der Waals surface area (Å²) >= 11 is 1.04. The first-order chi connectivity index (χ1) is 10.0. The first kappa shape index (κ1) is 15.6. The number of carbonyl (C=O) groups excluding carboxylic acids is 1. The van der Waals surface area contributed by atoms with Gasteiger partial charge in [0, 0.05) is 10.4 Å². The third-order valence-corrected chi connectivity index (χ3v) is 5.58. The van der Waals surface area contributed by atoms with Crippen molar-refractivity contribution >= 4 is 27.3 Å². The first-order valence-corrected chi connectivity index (χ1v) is 8.35. The highest BCUT2D eigenvalue weighted by molar-refractivity contribution is 7.91. The molecule has 1 aromatic heterocycles. The molecule has 0 unspecified atom stereocenters. The minimum Gasteiger partial charge on any atom is -0.380 e. The number of rotatable bonds is 6. The molecule has 0 spiro atoms. The lowest BCUT2D eigenvalue weighted by Gasteiger charge is -2.03. The van der Waals surface area contributed by atoms with Gasteiger partial charge in [0.25, 0.3) is 15.9 Å². The maximum Gasteiger partial charge on any atom is 0.251 e. The van der Waals surface area contributed by atoms with Gasteiger partial charge in [-0.3, -0.25) is 4.79 Å². The van der Waals surface area contributed by atoms with E-state index in [1.165, 1.54) is 6.07 Å². The summed E-state index contributed by atoms with van der Waals surface area (Å²) in [5.74, 6) is -0.220. The van der Waals surface area contributed by atoms with Crippen LogP contribution in [0.3, 0.4) is 0 Å². The molecule has 21 heavy (non-hydrogen) atoms. The third-order valence-electron chi connectivity index (χ3n) is 2.62. The van der Waals surface area contributed by atoms with E-state index >= 15 is 0 Å². The Kier molecular flexibility index (Phi) is 5.07. The van der Waals surface area contributed by atoms with Crippen molar-refractivity contribution in [3.05, 3.63) is 52.9 Å². The van der Waals surface area contributed by atoms with E-state index in [4.69, 9.17) is 5.11 Å². The highest BCUT2D eigenvalue weighted by Gasteiger charge is 2.16. The average Bonchev–Trinajstić information content (AvgIpc) is 2.95. The smallest absolute Gasteiger partial charge is 0.251 e. The van der Waals surface area contributed by atoms with Gasteiger partial charge in [-0.05, 0) is 24.3 Å². The lowest BCUT2D eigenvalue weighted by Crippen LogP contribution is -2.23. The predicted octanol–water partition coefficient (Wildman–Crippen LogP) is 0.906. The monoisotopic (exact) mass is 326 g/mol. The van der Waals surface area contributed by atoms with Crippen LogP contribution in [-0.4, -0.2) is 26.2 Å². The molecule has 0 saturated heterocycles. The molecule has 0 radical (unpaired) electrons. The predicted molar refractivity (Wildman–Crippen MR) is 79.3 cm³/mol. The van der Waals surface area contributed by atoms with E-state index in [9.17, 15) is 13.2 Å². The lowest BCUT2D eigenvalue weighted by molar-refractivity contribution is 0.0951. The molecule has 0 saturated carbocycles. The number of aliphatic hydroxyl groups excluding tert-OH is 1. The van der Waals surface area contributed by atoms with Gasteiger partial charge in [0.1, 0.15) is 10.9 Å². The van der Waals surface area contributed by atoms with Gasteiger partial charge in [0.15, 0.2) is 0 Å². The molecule has 0 bridgehead atoms. The number of sulfonamides is 1. The Morgan fingerprint density at radius 2 is 1.86 bits per heavy atom. The molecule has 6 nitrogen and oxygen atoms in total. The molecule has 8 heteroatoms. The fourth-order valence-electron chi connectivity index (χ4n) is 1.61. The number of aliphatic hydroxyl groups is 1. The van der Waals surface area contributed by atoms with Crippen molar-refractivity contribution in [3.63, 3.8) is 0 Å². The van der Waals surface area contributed by atoms with E-state index in [2.05, 4.69) is 5.32 Å². The second-order valence-electron chi connectivity index (χ2n) is 4.08. The summed E-state index contributed by atoms with van der Waals surface area (Å²) in [5.41, 5.74) is 0.545. The molecule has 0 aliphatic carbocycles. The molecule has 1 aromatic carbocycles. The Hall–Kier alpha value is -1.74. The number of thiophene rings is 1. The van der Waals surface area contributed by atoms with E-state index < -0.39 is 16.8 Å². The van der Waals surface area contributed by atoms with Crippen LogP contribution in [0.15, 0.2) is 46.7 Å². The zero-order valence-corrected chi connectivity index (χ0v) is 12.6. The van der Waals surface area contributed by atoms with Gasteiger partial charge in [0.2, 0.25) is 0 Å². The lowest BCUT2D eigenvalue weighted by atomic mass is 10.2. The van der Waals surface area contributed by atoms with Crippen molar-refractivity contribution in [2.45, 2.75) is 10.8 Å². The standard InChI is InChI=1S/C13H14N2O4S2/c16-9-15-21(18,19)12-7-6-11(20-12)8-14-13(17)10-4-2-1-3-5-10/h1-7,15-16H,8-9H2,(H,14,17). The van der Waals surface area contributed by atoms with Crippen molar-refractivity contribution in [1.29, 1.82) is 0 Å². The van der Waals surface area contributed by atoms with Crippen LogP contribution in [0.1, 0.15) is 15.2 Å². The van der Waals surface area contributed by atoms with Gasteiger partial charge in [-0.25, -0.2) is 8.42 Å². The summed E-state index contributed by atoms with van der Waals surface area (Å²) in [6, 6.07) is 11.8. The third kappa shape index (κ3) is 4.11. The van der Waals surface area contributed by atoms with Crippen LogP contribution in [0.2, 0.25) is 0 Å². The minimum atomic E-state index is -3.67. The van der Waals surface area contributed by atoms with Crippen LogP contribution in [0.25, 0.3) is 0 Å². The second kappa shape index (κ2) is 6.81. The van der Waals surface area contributed by atoms with E-state index in [-0.39, 0.29) is 16.7 Å². The molecule has 2 rings (SSSR count). The Labute approximate surface area is 126 Å². The molecular formula is C13H14N2O4S2. The number of hydrogen-bond acceptors (Lipinski definition) is 5. The van der Waals surface area contributed by atoms with Crippen molar-refractivity contribution in [2.75, 3.05) is 6.73 Å². The summed E-state index contributed by atoms with van der Waals surface area (Å²) in [7, 11) is -3.67. The Bertz CT molecular complexity index is 711. The highest BCUT2D eigenvalue weighted by Crippen LogP contribution is 2.21. The van der Waals surface area contributed by atoms with E-state index in [1.54, 1.807) is 30.3 Å². The Balaban J connectivity index is 1.99. The highest BCUT2D eigenvalue weighted by atomic mass is 32.2. The van der Waals surface area contributed by atoms with Crippen molar-refractivity contribution in [2.24, 2.45) is 0 Å². The largest absolute Gasteiger partial charge is 0.380 e. The average molecular weight is 326 g/mol. The molecule has 0 atom stereocenters. The number of carbonyl (C=O) groups is 1. The Morgan fingerprint density at radius 1 is 1.14 bits per heavy atom. The summed E-state index contributed by atoms with van der Waals surface area (Å²) in [6.07, 6.45) is 0. The number of nitrogens with one attached hydrogen (secondary N) is 2. The first-order valence-electron chi connectivity index (χ1n) is 6.05. The van der Waals surface area contributed by atoms with Crippen LogP contribution >= 0.6 is 11.3 Å². The summed E-state index contributed by atoms with van der Waals surface area (Å²) in [4.78, 5) is 12.6. The molecule has 1 heterocycles. The minimum absolute atomic E-state index is 0.0977. The normalized spacial score (nSPS) is 11.3. The fourth-order valence-corrected chi connectivity index (χ4v) is 3.78. The van der Waals surface area contributed by atoms with Crippen molar-refractivity contribution < 1.29 is 18.3 Å². The summed E-state index contributed by atoms with van der Waals surface area (Å²) in [5, 5.41) is 11.3. The van der Waals surface area contributed by atoms with Gasteiger partial charge in [0.05, 0.1) is 6.54 Å². The van der Waals surface area contributed by atoms with Crippen LogP contribution < -0.4 is 10.0 Å². The summed E-state index contributed by atoms with van der Waals surface area (Å²) in [6.45, 7) is -0.409. The van der Waals surface area contributed by atoms with E-state index in [1.807, 2.05) is 10.8 Å². The maximum atomic E-state index is 11.9. The van der Waals surface area contributed by atoms with Gasteiger partial charge in [-0.15, -0.1) is 11.3 Å².